The average Bonchev–Trinajstić information content (AvgIpc) is 2.67. The van der Waals surface area contributed by atoms with Gasteiger partial charge < -0.3 is 15.1 Å². The Balaban J connectivity index is 1.58. The summed E-state index contributed by atoms with van der Waals surface area (Å²) in [7, 11) is 0. The van der Waals surface area contributed by atoms with Gasteiger partial charge in [0, 0.05) is 63.3 Å². The molecule has 0 atom stereocenters. The van der Waals surface area contributed by atoms with E-state index in [1.807, 2.05) is 0 Å². The van der Waals surface area contributed by atoms with Crippen molar-refractivity contribution < 1.29 is 22.8 Å². The molecule has 0 aliphatic carbocycles. The number of pyridine rings is 1. The normalized spacial score (nSPS) is 15.0. The molecule has 0 unspecified atom stereocenters. The number of anilines is 1. The number of hydrogen-bond donors (Lipinski definition) is 1. The average molecular weight is 394 g/mol. The van der Waals surface area contributed by atoms with Gasteiger partial charge in [0.2, 0.25) is 11.8 Å². The number of hydrogen-bond acceptors (Lipinski definition) is 4. The number of amides is 2. The molecule has 28 heavy (non-hydrogen) atoms. The molecule has 0 bridgehead atoms. The van der Waals surface area contributed by atoms with E-state index in [4.69, 9.17) is 0 Å². The lowest BCUT2D eigenvalue weighted by Gasteiger charge is -2.34. The summed E-state index contributed by atoms with van der Waals surface area (Å²) in [4.78, 5) is 31.1. The molecule has 9 heteroatoms. The topological polar surface area (TPSA) is 65.5 Å². The molecule has 2 heterocycles. The molecule has 3 rings (SSSR count). The quantitative estimate of drug-likeness (QED) is 0.866. The number of carbonyl (C=O) groups is 2. The zero-order valence-electron chi connectivity index (χ0n) is 15.4. The minimum atomic E-state index is -4.42. The van der Waals surface area contributed by atoms with Gasteiger partial charge in [0.1, 0.15) is 0 Å². The molecule has 2 amide bonds. The molecule has 0 saturated carbocycles. The Bertz CT molecular complexity index is 877. The highest BCUT2D eigenvalue weighted by Crippen LogP contribution is 2.32. The molecule has 1 aliphatic heterocycles. The first-order valence-electron chi connectivity index (χ1n) is 8.99. The molecule has 1 saturated heterocycles. The van der Waals surface area contributed by atoms with Crippen LogP contribution in [0.5, 0.6) is 0 Å². The van der Waals surface area contributed by atoms with Gasteiger partial charge in [-0.15, -0.1) is 0 Å². The van der Waals surface area contributed by atoms with Gasteiger partial charge in [-0.25, -0.2) is 0 Å². The molecule has 150 valence electrons. The van der Waals surface area contributed by atoms with E-state index in [1.165, 1.54) is 19.2 Å². The highest BCUT2D eigenvalue weighted by Gasteiger charge is 2.30. The van der Waals surface area contributed by atoms with Gasteiger partial charge in [-0.3, -0.25) is 14.6 Å². The van der Waals surface area contributed by atoms with Gasteiger partial charge >= 0.3 is 6.18 Å². The van der Waals surface area contributed by atoms with Crippen LogP contribution in [0.3, 0.4) is 0 Å². The zero-order valence-corrected chi connectivity index (χ0v) is 15.4. The van der Waals surface area contributed by atoms with Crippen molar-refractivity contribution in [1.82, 2.24) is 14.8 Å². The van der Waals surface area contributed by atoms with Crippen molar-refractivity contribution in [2.24, 2.45) is 0 Å². The first-order chi connectivity index (χ1) is 13.3. The second-order valence-electron chi connectivity index (χ2n) is 6.65. The second-order valence-corrected chi connectivity index (χ2v) is 6.65. The summed E-state index contributed by atoms with van der Waals surface area (Å²) in [5.74, 6) is -0.0135. The van der Waals surface area contributed by atoms with Crippen LogP contribution in [0.4, 0.5) is 18.9 Å². The number of piperazine rings is 1. The summed E-state index contributed by atoms with van der Waals surface area (Å²) in [6.07, 6.45) is -2.73. The van der Waals surface area contributed by atoms with Crippen LogP contribution in [0.25, 0.3) is 10.9 Å². The maximum atomic E-state index is 12.8. The van der Waals surface area contributed by atoms with Crippen molar-refractivity contribution in [3.05, 3.63) is 36.0 Å². The second kappa shape index (κ2) is 8.04. The molecule has 1 aromatic heterocycles. The van der Waals surface area contributed by atoms with E-state index >= 15 is 0 Å². The van der Waals surface area contributed by atoms with Crippen molar-refractivity contribution in [2.45, 2.75) is 19.5 Å². The number of nitrogens with zero attached hydrogens (tertiary/aromatic N) is 3. The Morgan fingerprint density at radius 3 is 2.43 bits per heavy atom. The van der Waals surface area contributed by atoms with Gasteiger partial charge in [-0.2, -0.15) is 13.2 Å². The molecule has 6 nitrogen and oxygen atoms in total. The summed E-state index contributed by atoms with van der Waals surface area (Å²) in [5, 5.41) is 3.68. The van der Waals surface area contributed by atoms with Crippen LogP contribution >= 0.6 is 0 Å². The Labute approximate surface area is 160 Å². The molecular formula is C19H21F3N4O2. The van der Waals surface area contributed by atoms with Crippen LogP contribution in [-0.2, 0) is 15.8 Å². The van der Waals surface area contributed by atoms with Gasteiger partial charge in [0.15, 0.2) is 0 Å². The number of alkyl halides is 3. The van der Waals surface area contributed by atoms with E-state index < -0.39 is 11.7 Å². The summed E-state index contributed by atoms with van der Waals surface area (Å²) in [5.41, 5.74) is 0.129. The number of nitrogens with one attached hydrogen (secondary N) is 1. The first kappa shape index (κ1) is 19.9. The lowest BCUT2D eigenvalue weighted by molar-refractivity contribution is -0.138. The minimum absolute atomic E-state index is 0.00649. The van der Waals surface area contributed by atoms with Crippen molar-refractivity contribution in [1.29, 1.82) is 0 Å². The minimum Gasteiger partial charge on any atom is -0.384 e. The fraction of sp³-hybridized carbons (Fsp3) is 0.421. The molecule has 0 radical (unpaired) electrons. The third-order valence-corrected chi connectivity index (χ3v) is 4.80. The molecule has 1 aromatic carbocycles. The van der Waals surface area contributed by atoms with E-state index in [9.17, 15) is 22.8 Å². The Kier molecular flexibility index (Phi) is 5.71. The highest BCUT2D eigenvalue weighted by atomic mass is 19.4. The fourth-order valence-corrected chi connectivity index (χ4v) is 3.21. The summed E-state index contributed by atoms with van der Waals surface area (Å²) < 4.78 is 38.5. The maximum absolute atomic E-state index is 12.8. The lowest BCUT2D eigenvalue weighted by atomic mass is 10.1. The van der Waals surface area contributed by atoms with Gasteiger partial charge in [-0.05, 0) is 18.2 Å². The molecule has 2 aromatic rings. The largest absolute Gasteiger partial charge is 0.416 e. The lowest BCUT2D eigenvalue weighted by Crippen LogP contribution is -2.50. The van der Waals surface area contributed by atoms with Crippen LogP contribution < -0.4 is 5.32 Å². The van der Waals surface area contributed by atoms with Gasteiger partial charge in [0.05, 0.1) is 11.1 Å². The van der Waals surface area contributed by atoms with Crippen LogP contribution in [0.15, 0.2) is 30.5 Å². The summed E-state index contributed by atoms with van der Waals surface area (Å²) in [6, 6.07) is 5.09. The van der Waals surface area contributed by atoms with Crippen LogP contribution in [0.2, 0.25) is 0 Å². The number of rotatable bonds is 4. The van der Waals surface area contributed by atoms with E-state index in [2.05, 4.69) is 10.3 Å². The molecule has 0 spiro atoms. The van der Waals surface area contributed by atoms with Gasteiger partial charge in [0.25, 0.3) is 0 Å². The Hall–Kier alpha value is -2.84. The van der Waals surface area contributed by atoms with E-state index in [-0.39, 0.29) is 23.8 Å². The monoisotopic (exact) mass is 394 g/mol. The fourth-order valence-electron chi connectivity index (χ4n) is 3.21. The maximum Gasteiger partial charge on any atom is 0.416 e. The molecular weight excluding hydrogens is 373 g/mol. The van der Waals surface area contributed by atoms with Crippen LogP contribution in [-0.4, -0.2) is 59.3 Å². The summed E-state index contributed by atoms with van der Waals surface area (Å²) >= 11 is 0. The van der Waals surface area contributed by atoms with E-state index in [0.717, 1.165) is 12.1 Å². The third-order valence-electron chi connectivity index (χ3n) is 4.80. The molecule has 1 aliphatic rings. The van der Waals surface area contributed by atoms with Crippen LogP contribution in [0, 0.1) is 0 Å². The van der Waals surface area contributed by atoms with E-state index in [0.29, 0.717) is 43.8 Å². The van der Waals surface area contributed by atoms with E-state index in [1.54, 1.807) is 15.9 Å². The highest BCUT2D eigenvalue weighted by molar-refractivity contribution is 5.91. The van der Waals surface area contributed by atoms with Crippen molar-refractivity contribution >= 4 is 28.4 Å². The predicted molar refractivity (Wildman–Crippen MR) is 98.7 cm³/mol. The Morgan fingerprint density at radius 2 is 1.79 bits per heavy atom. The van der Waals surface area contributed by atoms with Gasteiger partial charge in [-0.1, -0.05) is 6.07 Å². The van der Waals surface area contributed by atoms with Crippen molar-refractivity contribution in [3.63, 3.8) is 0 Å². The number of halogens is 3. The van der Waals surface area contributed by atoms with Crippen molar-refractivity contribution in [3.8, 4) is 0 Å². The van der Waals surface area contributed by atoms with Crippen molar-refractivity contribution in [2.75, 3.05) is 38.0 Å². The molecule has 1 N–H and O–H groups in total. The third kappa shape index (κ3) is 4.52. The summed E-state index contributed by atoms with van der Waals surface area (Å²) in [6.45, 7) is 3.95. The number of benzene rings is 1. The number of aromatic nitrogens is 1. The molecule has 1 fully saturated rings. The first-order valence-corrected chi connectivity index (χ1v) is 8.99. The zero-order chi connectivity index (χ0) is 20.3. The number of carbonyl (C=O) groups excluding carboxylic acids is 2. The standard InChI is InChI=1S/C19H21F3N4O2/c1-13(27)25-8-10-26(11-9-25)18(28)5-7-23-16-4-6-24-17-12-14(19(20,21)22)2-3-15(16)17/h2-4,6,12H,5,7-11H2,1H3,(H,23,24). The SMILES string of the molecule is CC(=O)N1CCN(C(=O)CCNc2ccnc3cc(C(F)(F)F)ccc23)CC1. The Morgan fingerprint density at radius 1 is 1.11 bits per heavy atom. The van der Waals surface area contributed by atoms with Crippen LogP contribution in [0.1, 0.15) is 18.9 Å². The number of fused-ring (bicyclic) bond motifs is 1. The smallest absolute Gasteiger partial charge is 0.384 e. The predicted octanol–water partition coefficient (Wildman–Crippen LogP) is 2.75.